The lowest BCUT2D eigenvalue weighted by atomic mass is 9.96. The number of hydrogen-bond acceptors (Lipinski definition) is 6. The van der Waals surface area contributed by atoms with Crippen LogP contribution in [-0.2, 0) is 6.42 Å². The number of aryl methyl sites for hydroxylation is 1. The van der Waals surface area contributed by atoms with E-state index in [0.29, 0.717) is 5.92 Å². The van der Waals surface area contributed by atoms with E-state index in [1.54, 1.807) is 0 Å². The summed E-state index contributed by atoms with van der Waals surface area (Å²) in [5, 5.41) is 12.9. The van der Waals surface area contributed by atoms with Gasteiger partial charge in [0.1, 0.15) is 5.82 Å². The van der Waals surface area contributed by atoms with Crippen LogP contribution in [0.4, 0.5) is 0 Å². The normalized spacial score (nSPS) is 19.8. The molecule has 26 heavy (non-hydrogen) atoms. The largest absolute Gasteiger partial charge is 0.338 e. The molecule has 0 spiro atoms. The lowest BCUT2D eigenvalue weighted by molar-refractivity contribution is 0.130. The molecule has 0 aromatic carbocycles. The summed E-state index contributed by atoms with van der Waals surface area (Å²) in [4.78, 5) is 7.03. The molecule has 3 aromatic rings. The molecule has 138 valence electrons. The summed E-state index contributed by atoms with van der Waals surface area (Å²) < 4.78 is 7.64. The van der Waals surface area contributed by atoms with Gasteiger partial charge in [0.25, 0.3) is 0 Å². The maximum Gasteiger partial charge on any atom is 0.243 e. The van der Waals surface area contributed by atoms with E-state index in [2.05, 4.69) is 43.5 Å². The van der Waals surface area contributed by atoms with Crippen molar-refractivity contribution in [1.29, 1.82) is 0 Å². The molecule has 2 atom stereocenters. The van der Waals surface area contributed by atoms with Gasteiger partial charge in [0, 0.05) is 25.1 Å². The van der Waals surface area contributed by atoms with E-state index < -0.39 is 0 Å². The van der Waals surface area contributed by atoms with Gasteiger partial charge in [-0.2, -0.15) is 4.98 Å². The van der Waals surface area contributed by atoms with E-state index in [1.807, 2.05) is 24.4 Å². The molecule has 4 rings (SSSR count). The highest BCUT2D eigenvalue weighted by Gasteiger charge is 2.30. The van der Waals surface area contributed by atoms with Gasteiger partial charge in [0.05, 0.1) is 6.04 Å². The molecule has 1 aliphatic heterocycles. The molecular weight excluding hydrogens is 328 g/mol. The first-order valence-electron chi connectivity index (χ1n) is 9.62. The molecule has 0 amide bonds. The fraction of sp³-hybridized carbons (Fsp3) is 0.579. The van der Waals surface area contributed by atoms with E-state index in [1.165, 1.54) is 0 Å². The van der Waals surface area contributed by atoms with E-state index >= 15 is 0 Å². The zero-order chi connectivity index (χ0) is 17.9. The molecule has 1 saturated heterocycles. The lowest BCUT2D eigenvalue weighted by Crippen LogP contribution is -2.37. The Bertz CT molecular complexity index is 856. The molecule has 4 heterocycles. The third-order valence-electron chi connectivity index (χ3n) is 5.30. The SMILES string of the molecule is CCCCc1noc([C@@H](C)N2CCC[C@@H](c3nnc4ccccn34)C2)n1. The van der Waals surface area contributed by atoms with Crippen LogP contribution in [-0.4, -0.2) is 42.7 Å². The van der Waals surface area contributed by atoms with Crippen LogP contribution in [0.15, 0.2) is 28.9 Å². The predicted molar refractivity (Wildman–Crippen MR) is 97.9 cm³/mol. The molecule has 3 aromatic heterocycles. The van der Waals surface area contributed by atoms with Gasteiger partial charge in [-0.05, 0) is 44.9 Å². The molecule has 1 aliphatic rings. The second kappa shape index (κ2) is 7.53. The number of hydrogen-bond donors (Lipinski definition) is 0. The topological polar surface area (TPSA) is 72.4 Å². The highest BCUT2D eigenvalue weighted by molar-refractivity contribution is 5.37. The van der Waals surface area contributed by atoms with E-state index in [9.17, 15) is 0 Å². The van der Waals surface area contributed by atoms with Gasteiger partial charge in [-0.25, -0.2) is 0 Å². The van der Waals surface area contributed by atoms with Crippen molar-refractivity contribution in [3.63, 3.8) is 0 Å². The van der Waals surface area contributed by atoms with Crippen LogP contribution >= 0.6 is 0 Å². The second-order valence-electron chi connectivity index (χ2n) is 7.15. The Balaban J connectivity index is 1.48. The monoisotopic (exact) mass is 354 g/mol. The molecule has 7 nitrogen and oxygen atoms in total. The van der Waals surface area contributed by atoms with Crippen LogP contribution in [0.5, 0.6) is 0 Å². The maximum absolute atomic E-state index is 5.54. The number of nitrogens with zero attached hydrogens (tertiary/aromatic N) is 6. The molecule has 0 saturated carbocycles. The first-order chi connectivity index (χ1) is 12.8. The predicted octanol–water partition coefficient (Wildman–Crippen LogP) is 3.40. The summed E-state index contributed by atoms with van der Waals surface area (Å²) in [6.07, 6.45) is 7.43. The summed E-state index contributed by atoms with van der Waals surface area (Å²) in [5.74, 6) is 2.96. The Kier molecular flexibility index (Phi) is 4.97. The van der Waals surface area contributed by atoms with E-state index in [4.69, 9.17) is 4.52 Å². The van der Waals surface area contributed by atoms with Crippen molar-refractivity contribution in [1.82, 2.24) is 29.6 Å². The molecular formula is C19H26N6O. The number of fused-ring (bicyclic) bond motifs is 1. The van der Waals surface area contributed by atoms with Gasteiger partial charge in [-0.1, -0.05) is 24.6 Å². The summed E-state index contributed by atoms with van der Waals surface area (Å²) in [6, 6.07) is 6.14. The average Bonchev–Trinajstić information content (AvgIpc) is 3.33. The summed E-state index contributed by atoms with van der Waals surface area (Å²) >= 11 is 0. The molecule has 7 heteroatoms. The number of likely N-dealkylation sites (tertiary alicyclic amines) is 1. The average molecular weight is 354 g/mol. The van der Waals surface area contributed by atoms with Crippen molar-refractivity contribution >= 4 is 5.65 Å². The van der Waals surface area contributed by atoms with Crippen molar-refractivity contribution in [2.45, 2.75) is 57.9 Å². The minimum absolute atomic E-state index is 0.125. The number of unbranched alkanes of at least 4 members (excludes halogenated alkanes) is 1. The van der Waals surface area contributed by atoms with Crippen molar-refractivity contribution in [2.24, 2.45) is 0 Å². The Morgan fingerprint density at radius 2 is 2.23 bits per heavy atom. The number of pyridine rings is 1. The Hall–Kier alpha value is -2.28. The van der Waals surface area contributed by atoms with E-state index in [-0.39, 0.29) is 6.04 Å². The summed E-state index contributed by atoms with van der Waals surface area (Å²) in [7, 11) is 0. The molecule has 1 fully saturated rings. The summed E-state index contributed by atoms with van der Waals surface area (Å²) in [6.45, 7) is 6.30. The third-order valence-corrected chi connectivity index (χ3v) is 5.30. The maximum atomic E-state index is 5.54. The molecule has 0 unspecified atom stereocenters. The van der Waals surface area contributed by atoms with Crippen molar-refractivity contribution in [3.05, 3.63) is 41.9 Å². The van der Waals surface area contributed by atoms with E-state index in [0.717, 1.165) is 68.4 Å². The standard InChI is InChI=1S/C19H26N6O/c1-3-4-9-16-20-19(26-23-16)14(2)24-11-7-8-15(13-24)18-22-21-17-10-5-6-12-25(17)18/h5-6,10,12,14-15H,3-4,7-9,11,13H2,1-2H3/t14-,15-/m1/s1. The van der Waals surface area contributed by atoms with Gasteiger partial charge in [-0.3, -0.25) is 9.30 Å². The zero-order valence-electron chi connectivity index (χ0n) is 15.5. The van der Waals surface area contributed by atoms with Gasteiger partial charge in [0.2, 0.25) is 5.89 Å². The van der Waals surface area contributed by atoms with Gasteiger partial charge < -0.3 is 4.52 Å². The first-order valence-corrected chi connectivity index (χ1v) is 9.62. The third kappa shape index (κ3) is 3.35. The number of rotatable bonds is 6. The summed E-state index contributed by atoms with van der Waals surface area (Å²) in [5.41, 5.74) is 0.908. The van der Waals surface area contributed by atoms with Crippen LogP contribution in [0.1, 0.15) is 69.0 Å². The van der Waals surface area contributed by atoms with Crippen LogP contribution < -0.4 is 0 Å². The van der Waals surface area contributed by atoms with Crippen molar-refractivity contribution in [2.75, 3.05) is 13.1 Å². The molecule has 0 bridgehead atoms. The second-order valence-corrected chi connectivity index (χ2v) is 7.15. The Labute approximate surface area is 153 Å². The van der Waals surface area contributed by atoms with Crippen molar-refractivity contribution < 1.29 is 4.52 Å². The molecule has 0 N–H and O–H groups in total. The van der Waals surface area contributed by atoms with Crippen LogP contribution in [0, 0.1) is 0 Å². The smallest absolute Gasteiger partial charge is 0.243 e. The highest BCUT2D eigenvalue weighted by atomic mass is 16.5. The fourth-order valence-electron chi connectivity index (χ4n) is 3.74. The number of aromatic nitrogens is 5. The van der Waals surface area contributed by atoms with Crippen LogP contribution in [0.3, 0.4) is 0 Å². The quantitative estimate of drug-likeness (QED) is 0.675. The van der Waals surface area contributed by atoms with Gasteiger partial charge in [-0.15, -0.1) is 10.2 Å². The Morgan fingerprint density at radius 1 is 1.31 bits per heavy atom. The van der Waals surface area contributed by atoms with Gasteiger partial charge >= 0.3 is 0 Å². The first kappa shape index (κ1) is 17.1. The highest BCUT2D eigenvalue weighted by Crippen LogP contribution is 2.31. The van der Waals surface area contributed by atoms with Gasteiger partial charge in [0.15, 0.2) is 11.5 Å². The molecule has 0 radical (unpaired) electrons. The number of piperidine rings is 1. The van der Waals surface area contributed by atoms with Crippen LogP contribution in [0.2, 0.25) is 0 Å². The Morgan fingerprint density at radius 3 is 3.12 bits per heavy atom. The molecule has 0 aliphatic carbocycles. The minimum atomic E-state index is 0.125. The van der Waals surface area contributed by atoms with Crippen molar-refractivity contribution in [3.8, 4) is 0 Å². The fourth-order valence-corrected chi connectivity index (χ4v) is 3.74. The minimum Gasteiger partial charge on any atom is -0.338 e. The zero-order valence-corrected chi connectivity index (χ0v) is 15.5. The lowest BCUT2D eigenvalue weighted by Gasteiger charge is -2.34. The van der Waals surface area contributed by atoms with Crippen LogP contribution in [0.25, 0.3) is 5.65 Å².